The average Bonchev–Trinajstić information content (AvgIpc) is 3.05. The van der Waals surface area contributed by atoms with Gasteiger partial charge in [-0.25, -0.2) is 8.42 Å². The number of amides is 1. The minimum Gasteiger partial charge on any atom is -0.450 e. The lowest BCUT2D eigenvalue weighted by atomic mass is 10.2. The van der Waals surface area contributed by atoms with Crippen LogP contribution in [0.4, 0.5) is 0 Å². The first-order valence-corrected chi connectivity index (χ1v) is 10.8. The number of fused-ring (bicyclic) bond motifs is 1. The number of nitrogens with one attached hydrogen (secondary N) is 1. The van der Waals surface area contributed by atoms with Gasteiger partial charge in [0, 0.05) is 11.9 Å². The largest absolute Gasteiger partial charge is 0.450 e. The number of furan rings is 1. The summed E-state index contributed by atoms with van der Waals surface area (Å²) in [6.07, 6.45) is 0.352. The molecular weight excluding hydrogens is 418 g/mol. The van der Waals surface area contributed by atoms with Gasteiger partial charge < -0.3 is 9.73 Å². The zero-order chi connectivity index (χ0) is 18.6. The summed E-state index contributed by atoms with van der Waals surface area (Å²) in [4.78, 5) is 12.2. The van der Waals surface area contributed by atoms with E-state index in [4.69, 9.17) is 4.42 Å². The van der Waals surface area contributed by atoms with E-state index in [-0.39, 0.29) is 29.7 Å². The first-order chi connectivity index (χ1) is 12.4. The number of rotatable bonds is 7. The van der Waals surface area contributed by atoms with Gasteiger partial charge in [-0.1, -0.05) is 42.5 Å². The molecule has 0 atom stereocenters. The second kappa shape index (κ2) is 8.05. The molecule has 1 amide bonds. The Kier molecular flexibility index (Phi) is 5.78. The van der Waals surface area contributed by atoms with Gasteiger partial charge in [-0.3, -0.25) is 4.79 Å². The van der Waals surface area contributed by atoms with Gasteiger partial charge in [0.1, 0.15) is 5.58 Å². The topological polar surface area (TPSA) is 76.4 Å². The highest BCUT2D eigenvalue weighted by molar-refractivity contribution is 9.10. The predicted octanol–water partition coefficient (Wildman–Crippen LogP) is 3.93. The summed E-state index contributed by atoms with van der Waals surface area (Å²) in [6.45, 7) is 0.269. The molecule has 5 nitrogen and oxygen atoms in total. The van der Waals surface area contributed by atoms with Crippen LogP contribution in [0.25, 0.3) is 11.0 Å². The lowest BCUT2D eigenvalue weighted by molar-refractivity contribution is 0.0928. The van der Waals surface area contributed by atoms with Crippen LogP contribution in [0.3, 0.4) is 0 Å². The minimum absolute atomic E-state index is 0.0133. The highest BCUT2D eigenvalue weighted by Gasteiger charge is 2.15. The van der Waals surface area contributed by atoms with Crippen molar-refractivity contribution in [2.45, 2.75) is 12.2 Å². The normalized spacial score (nSPS) is 11.6. The molecule has 7 heteroatoms. The molecule has 0 bridgehead atoms. The number of halogens is 1. The molecule has 1 aromatic heterocycles. The van der Waals surface area contributed by atoms with E-state index in [0.29, 0.717) is 12.0 Å². The van der Waals surface area contributed by atoms with Crippen molar-refractivity contribution in [2.75, 3.05) is 12.3 Å². The van der Waals surface area contributed by atoms with Crippen LogP contribution in [0, 0.1) is 0 Å². The Morgan fingerprint density at radius 2 is 1.85 bits per heavy atom. The standard InChI is InChI=1S/C19H18BrNO4S/c20-16-9-4-8-15-12-17(25-18(15)16)19(22)21-10-5-11-26(23,24)13-14-6-2-1-3-7-14/h1-4,6-9,12H,5,10-11,13H2,(H,21,22). The van der Waals surface area contributed by atoms with Gasteiger partial charge >= 0.3 is 0 Å². The number of carbonyl (C=O) groups excluding carboxylic acids is 1. The van der Waals surface area contributed by atoms with Gasteiger partial charge in [-0.05, 0) is 40.0 Å². The van der Waals surface area contributed by atoms with Crippen LogP contribution in [0.2, 0.25) is 0 Å². The molecule has 2 aromatic carbocycles. The molecule has 1 heterocycles. The molecule has 0 radical (unpaired) electrons. The van der Waals surface area contributed by atoms with Gasteiger partial charge in [0.25, 0.3) is 5.91 Å². The lowest BCUT2D eigenvalue weighted by Crippen LogP contribution is -2.25. The molecule has 0 saturated carbocycles. The molecule has 26 heavy (non-hydrogen) atoms. The van der Waals surface area contributed by atoms with Crippen LogP contribution in [-0.2, 0) is 15.6 Å². The fraction of sp³-hybridized carbons (Fsp3) is 0.211. The Morgan fingerprint density at radius 3 is 2.58 bits per heavy atom. The number of benzene rings is 2. The van der Waals surface area contributed by atoms with Crippen LogP contribution in [-0.4, -0.2) is 26.6 Å². The third kappa shape index (κ3) is 4.74. The van der Waals surface area contributed by atoms with Gasteiger partial charge in [0.2, 0.25) is 0 Å². The van der Waals surface area contributed by atoms with Crippen molar-refractivity contribution >= 4 is 42.6 Å². The quantitative estimate of drug-likeness (QED) is 0.570. The Morgan fingerprint density at radius 1 is 1.08 bits per heavy atom. The zero-order valence-corrected chi connectivity index (χ0v) is 16.3. The molecule has 1 N–H and O–H groups in total. The Bertz CT molecular complexity index is 1010. The van der Waals surface area contributed by atoms with Crippen LogP contribution in [0.5, 0.6) is 0 Å². The fourth-order valence-corrected chi connectivity index (χ4v) is 4.51. The van der Waals surface area contributed by atoms with Crippen molar-refractivity contribution in [3.05, 3.63) is 70.4 Å². The number of hydrogen-bond acceptors (Lipinski definition) is 4. The zero-order valence-electron chi connectivity index (χ0n) is 13.9. The maximum Gasteiger partial charge on any atom is 0.287 e. The number of sulfone groups is 1. The van der Waals surface area contributed by atoms with Gasteiger partial charge in [-0.2, -0.15) is 0 Å². The van der Waals surface area contributed by atoms with E-state index < -0.39 is 9.84 Å². The number of hydrogen-bond donors (Lipinski definition) is 1. The van der Waals surface area contributed by atoms with Crippen molar-refractivity contribution in [1.29, 1.82) is 0 Å². The van der Waals surface area contributed by atoms with Crippen molar-refractivity contribution < 1.29 is 17.6 Å². The van der Waals surface area contributed by atoms with E-state index in [9.17, 15) is 13.2 Å². The molecule has 136 valence electrons. The molecule has 0 saturated heterocycles. The maximum atomic E-state index is 12.2. The first kappa shape index (κ1) is 18.7. The summed E-state index contributed by atoms with van der Waals surface area (Å²) in [5.41, 5.74) is 1.38. The Hall–Kier alpha value is -2.12. The van der Waals surface area contributed by atoms with Gasteiger partial charge in [-0.15, -0.1) is 0 Å². The minimum atomic E-state index is -3.20. The summed E-state index contributed by atoms with van der Waals surface area (Å²) < 4.78 is 30.6. The molecular formula is C19H18BrNO4S. The van der Waals surface area contributed by atoms with E-state index in [1.165, 1.54) is 0 Å². The molecule has 0 aliphatic carbocycles. The summed E-state index contributed by atoms with van der Waals surface area (Å²) >= 11 is 3.38. The van der Waals surface area contributed by atoms with Crippen LogP contribution in [0.15, 0.2) is 63.5 Å². The molecule has 0 spiro atoms. The summed E-state index contributed by atoms with van der Waals surface area (Å²) in [5, 5.41) is 3.53. The number of para-hydroxylation sites is 1. The highest BCUT2D eigenvalue weighted by atomic mass is 79.9. The van der Waals surface area contributed by atoms with E-state index in [1.807, 2.05) is 36.4 Å². The SMILES string of the molecule is O=C(NCCCS(=O)(=O)Cc1ccccc1)c1cc2cccc(Br)c2o1. The fourth-order valence-electron chi connectivity index (χ4n) is 2.62. The average molecular weight is 436 g/mol. The molecule has 3 aromatic rings. The van der Waals surface area contributed by atoms with E-state index in [2.05, 4.69) is 21.2 Å². The molecule has 0 aliphatic heterocycles. The second-order valence-electron chi connectivity index (χ2n) is 5.96. The van der Waals surface area contributed by atoms with Crippen LogP contribution < -0.4 is 5.32 Å². The predicted molar refractivity (Wildman–Crippen MR) is 105 cm³/mol. The smallest absolute Gasteiger partial charge is 0.287 e. The second-order valence-corrected chi connectivity index (χ2v) is 8.99. The summed E-state index contributed by atoms with van der Waals surface area (Å²) in [7, 11) is -3.20. The van der Waals surface area contributed by atoms with Gasteiger partial charge in [0.15, 0.2) is 15.6 Å². The van der Waals surface area contributed by atoms with E-state index in [0.717, 1.165) is 15.4 Å². The molecule has 0 unspecified atom stereocenters. The number of carbonyl (C=O) groups is 1. The summed E-state index contributed by atoms with van der Waals surface area (Å²) in [6, 6.07) is 16.3. The van der Waals surface area contributed by atoms with E-state index >= 15 is 0 Å². The van der Waals surface area contributed by atoms with Crippen LogP contribution >= 0.6 is 15.9 Å². The third-order valence-corrected chi connectivity index (χ3v) is 6.18. The molecule has 0 fully saturated rings. The van der Waals surface area contributed by atoms with Gasteiger partial charge in [0.05, 0.1) is 16.0 Å². The maximum absolute atomic E-state index is 12.2. The van der Waals surface area contributed by atoms with Crippen molar-refractivity contribution in [3.63, 3.8) is 0 Å². The monoisotopic (exact) mass is 435 g/mol. The third-order valence-electron chi connectivity index (χ3n) is 3.87. The highest BCUT2D eigenvalue weighted by Crippen LogP contribution is 2.26. The van der Waals surface area contributed by atoms with Crippen molar-refractivity contribution in [2.24, 2.45) is 0 Å². The first-order valence-electron chi connectivity index (χ1n) is 8.15. The summed E-state index contributed by atoms with van der Waals surface area (Å²) in [5.74, 6) is -0.111. The molecule has 3 rings (SSSR count). The molecule has 0 aliphatic rings. The Balaban J connectivity index is 1.51. The van der Waals surface area contributed by atoms with E-state index in [1.54, 1.807) is 18.2 Å². The Labute approximate surface area is 160 Å². The van der Waals surface area contributed by atoms with Crippen molar-refractivity contribution in [3.8, 4) is 0 Å². The van der Waals surface area contributed by atoms with Crippen molar-refractivity contribution in [1.82, 2.24) is 5.32 Å². The van der Waals surface area contributed by atoms with Crippen LogP contribution in [0.1, 0.15) is 22.5 Å². The lowest BCUT2D eigenvalue weighted by Gasteiger charge is -2.05.